The molecular weight excluding hydrogens is 340 g/mol. The van der Waals surface area contributed by atoms with Crippen molar-refractivity contribution in [2.45, 2.75) is 13.5 Å². The summed E-state index contributed by atoms with van der Waals surface area (Å²) in [5.74, 6) is 0.895. The zero-order valence-corrected chi connectivity index (χ0v) is 15.1. The summed E-state index contributed by atoms with van der Waals surface area (Å²) >= 11 is 0. The lowest BCUT2D eigenvalue weighted by atomic mass is 10.1. The first kappa shape index (κ1) is 18.1. The first-order valence-electron chi connectivity index (χ1n) is 8.34. The van der Waals surface area contributed by atoms with Gasteiger partial charge in [0.2, 0.25) is 0 Å². The second-order valence-electron chi connectivity index (χ2n) is 5.69. The number of fused-ring (bicyclic) bond motifs is 1. The van der Waals surface area contributed by atoms with Crippen LogP contribution in [0.4, 0.5) is 5.69 Å². The van der Waals surface area contributed by atoms with E-state index in [1.165, 1.54) is 0 Å². The van der Waals surface area contributed by atoms with Crippen LogP contribution in [0.25, 0.3) is 23.7 Å². The minimum Gasteiger partial charge on any atom is -0.348 e. The van der Waals surface area contributed by atoms with E-state index in [4.69, 9.17) is 0 Å². The molecule has 0 radical (unpaired) electrons. The van der Waals surface area contributed by atoms with E-state index < -0.39 is 0 Å². The van der Waals surface area contributed by atoms with Crippen LogP contribution in [0, 0.1) is 0 Å². The number of hydrogen-bond acceptors (Lipinski definition) is 5. The van der Waals surface area contributed by atoms with E-state index in [-0.39, 0.29) is 5.91 Å². The van der Waals surface area contributed by atoms with Gasteiger partial charge in [-0.15, -0.1) is 0 Å². The van der Waals surface area contributed by atoms with Crippen LogP contribution in [0.5, 0.6) is 0 Å². The molecule has 7 nitrogen and oxygen atoms in total. The summed E-state index contributed by atoms with van der Waals surface area (Å²) in [4.78, 5) is 25.4. The van der Waals surface area contributed by atoms with Gasteiger partial charge in [0.15, 0.2) is 0 Å². The van der Waals surface area contributed by atoms with Crippen LogP contribution in [0.15, 0.2) is 55.1 Å². The summed E-state index contributed by atoms with van der Waals surface area (Å²) in [5.41, 5.74) is 3.27. The Morgan fingerprint density at radius 2 is 2.19 bits per heavy atom. The highest BCUT2D eigenvalue weighted by Gasteiger charge is 2.28. The number of pyridine rings is 1. The van der Waals surface area contributed by atoms with Crippen LogP contribution in [0.2, 0.25) is 0 Å². The van der Waals surface area contributed by atoms with Crippen molar-refractivity contribution in [2.75, 3.05) is 5.32 Å². The molecule has 0 aliphatic carbocycles. The molecule has 3 rings (SSSR count). The molecule has 0 saturated heterocycles. The maximum Gasteiger partial charge on any atom is 0.254 e. The smallest absolute Gasteiger partial charge is 0.254 e. The Balaban J connectivity index is 2.05. The van der Waals surface area contributed by atoms with E-state index >= 15 is 0 Å². The maximum absolute atomic E-state index is 12.4. The van der Waals surface area contributed by atoms with Crippen molar-refractivity contribution >= 4 is 30.1 Å². The monoisotopic (exact) mass is 360 g/mol. The molecule has 2 N–H and O–H groups in total. The van der Waals surface area contributed by atoms with Gasteiger partial charge in [-0.05, 0) is 19.1 Å². The first-order valence-corrected chi connectivity index (χ1v) is 8.34. The number of nitrogens with one attached hydrogen (secondary N) is 2. The second-order valence-corrected chi connectivity index (χ2v) is 5.69. The molecule has 1 aliphatic rings. The highest BCUT2D eigenvalue weighted by molar-refractivity contribution is 6.05. The van der Waals surface area contributed by atoms with E-state index in [1.807, 2.05) is 13.0 Å². The summed E-state index contributed by atoms with van der Waals surface area (Å²) in [6, 6.07) is 0. The quantitative estimate of drug-likeness (QED) is 0.741. The molecule has 0 bridgehead atoms. The van der Waals surface area contributed by atoms with E-state index in [2.05, 4.69) is 45.3 Å². The van der Waals surface area contributed by atoms with E-state index in [0.717, 1.165) is 11.3 Å². The van der Waals surface area contributed by atoms with Gasteiger partial charge >= 0.3 is 0 Å². The Labute approximate surface area is 157 Å². The molecular formula is C20H20N6O. The Kier molecular flexibility index (Phi) is 5.12. The molecule has 0 saturated carbocycles. The van der Waals surface area contributed by atoms with Crippen molar-refractivity contribution in [2.24, 2.45) is 4.99 Å². The number of carbonyl (C=O) groups is 1. The van der Waals surface area contributed by atoms with E-state index in [9.17, 15) is 4.79 Å². The SMILES string of the molecule is C=Cc1ncc(-c2ncc(NC(=C)/N=C\C=C/C)c3c2CNC3=O)n1C=C. The normalized spacial score (nSPS) is 13.0. The molecule has 1 aliphatic heterocycles. The van der Waals surface area contributed by atoms with Crippen LogP contribution in [0.1, 0.15) is 28.7 Å². The zero-order chi connectivity index (χ0) is 19.4. The predicted octanol–water partition coefficient (Wildman–Crippen LogP) is 3.46. The van der Waals surface area contributed by atoms with Gasteiger partial charge in [-0.1, -0.05) is 25.8 Å². The molecule has 27 heavy (non-hydrogen) atoms. The Bertz CT molecular complexity index is 996. The molecule has 136 valence electrons. The maximum atomic E-state index is 12.4. The fraction of sp³-hybridized carbons (Fsp3) is 0.100. The highest BCUT2D eigenvalue weighted by Crippen LogP contribution is 2.33. The average Bonchev–Trinajstić information content (AvgIpc) is 3.26. The van der Waals surface area contributed by atoms with Crippen LogP contribution in [-0.2, 0) is 6.54 Å². The van der Waals surface area contributed by atoms with E-state index in [0.29, 0.717) is 35.1 Å². The summed E-state index contributed by atoms with van der Waals surface area (Å²) in [7, 11) is 0. The predicted molar refractivity (Wildman–Crippen MR) is 109 cm³/mol. The third-order valence-electron chi connectivity index (χ3n) is 4.05. The Hall–Kier alpha value is -3.74. The minimum atomic E-state index is -0.171. The summed E-state index contributed by atoms with van der Waals surface area (Å²) in [6.07, 6.45) is 11.8. The molecule has 0 aromatic carbocycles. The number of aliphatic imine (C=N–C) groups is 1. The van der Waals surface area contributed by atoms with Crippen molar-refractivity contribution in [3.63, 3.8) is 0 Å². The van der Waals surface area contributed by atoms with Gasteiger partial charge in [0.1, 0.15) is 11.6 Å². The fourth-order valence-corrected chi connectivity index (χ4v) is 2.86. The molecule has 1 amide bonds. The lowest BCUT2D eigenvalue weighted by Gasteiger charge is -2.12. The fourth-order valence-electron chi connectivity index (χ4n) is 2.86. The minimum absolute atomic E-state index is 0.171. The molecule has 2 aromatic rings. The number of hydrogen-bond donors (Lipinski definition) is 2. The summed E-state index contributed by atoms with van der Waals surface area (Å²) in [6.45, 7) is 13.7. The standard InChI is InChI=1S/C20H20N6O/c1-5-8-9-21-13(4)25-15-11-23-19(14-10-24-20(27)18(14)15)16-12-22-17(6-2)26(16)7-3/h5-9,11-12,25H,2-4,10H2,1H3,(H,24,27)/b8-5-,21-9-. The van der Waals surface area contributed by atoms with Gasteiger partial charge < -0.3 is 10.6 Å². The van der Waals surface area contributed by atoms with Crippen LogP contribution >= 0.6 is 0 Å². The molecule has 7 heteroatoms. The zero-order valence-electron chi connectivity index (χ0n) is 15.1. The number of carbonyl (C=O) groups excluding carboxylic acids is 1. The number of amides is 1. The second kappa shape index (κ2) is 7.65. The Morgan fingerprint density at radius 3 is 2.89 bits per heavy atom. The lowest BCUT2D eigenvalue weighted by molar-refractivity contribution is 0.0966. The number of nitrogens with zero attached hydrogens (tertiary/aromatic N) is 4. The molecule has 3 heterocycles. The van der Waals surface area contributed by atoms with Gasteiger partial charge in [0, 0.05) is 24.5 Å². The number of rotatable bonds is 7. The third-order valence-corrected chi connectivity index (χ3v) is 4.05. The largest absolute Gasteiger partial charge is 0.348 e. The topological polar surface area (TPSA) is 84.2 Å². The number of aromatic nitrogens is 3. The lowest BCUT2D eigenvalue weighted by Crippen LogP contribution is -2.14. The van der Waals surface area contributed by atoms with Crippen molar-refractivity contribution in [1.29, 1.82) is 0 Å². The third kappa shape index (κ3) is 3.35. The van der Waals surface area contributed by atoms with Gasteiger partial charge in [-0.2, -0.15) is 0 Å². The van der Waals surface area contributed by atoms with Crippen LogP contribution in [0.3, 0.4) is 0 Å². The molecule has 2 aromatic heterocycles. The highest BCUT2D eigenvalue weighted by atomic mass is 16.1. The number of anilines is 1. The van der Waals surface area contributed by atoms with Gasteiger partial charge in [-0.3, -0.25) is 14.3 Å². The molecule has 0 spiro atoms. The van der Waals surface area contributed by atoms with Crippen LogP contribution in [-0.4, -0.2) is 26.7 Å². The van der Waals surface area contributed by atoms with Crippen molar-refractivity contribution < 1.29 is 4.79 Å². The summed E-state index contributed by atoms with van der Waals surface area (Å²) < 4.78 is 1.78. The first-order chi connectivity index (χ1) is 13.1. The average molecular weight is 360 g/mol. The van der Waals surface area contributed by atoms with Gasteiger partial charge in [0.25, 0.3) is 5.91 Å². The molecule has 0 fully saturated rings. The molecule has 0 atom stereocenters. The van der Waals surface area contributed by atoms with Crippen molar-refractivity contribution in [3.8, 4) is 11.4 Å². The van der Waals surface area contributed by atoms with Crippen LogP contribution < -0.4 is 10.6 Å². The van der Waals surface area contributed by atoms with Crippen molar-refractivity contribution in [3.05, 3.63) is 67.1 Å². The summed E-state index contributed by atoms with van der Waals surface area (Å²) in [5, 5.41) is 5.89. The van der Waals surface area contributed by atoms with Gasteiger partial charge in [-0.25, -0.2) is 9.98 Å². The number of allylic oxidation sites excluding steroid dienone is 2. The number of imidazole rings is 1. The van der Waals surface area contributed by atoms with Crippen molar-refractivity contribution in [1.82, 2.24) is 19.9 Å². The Morgan fingerprint density at radius 1 is 1.37 bits per heavy atom. The van der Waals surface area contributed by atoms with E-state index in [1.54, 1.807) is 41.5 Å². The molecule has 0 unspecified atom stereocenters. The van der Waals surface area contributed by atoms with Gasteiger partial charge in [0.05, 0.1) is 35.0 Å².